The number of fused-ring (bicyclic) bond motifs is 1. The molecule has 0 saturated carbocycles. The Morgan fingerprint density at radius 2 is 1.64 bits per heavy atom. The number of hydrogen-bond acceptors (Lipinski definition) is 4. The monoisotopic (exact) mass is 377 g/mol. The molecule has 0 aliphatic carbocycles. The zero-order valence-electron chi connectivity index (χ0n) is 15.0. The smallest absolute Gasteiger partial charge is 0.175 e. The molecular formula is C20H24ClNO2S. The average molecular weight is 378 g/mol. The molecule has 0 radical (unpaired) electrons. The Balaban J connectivity index is 2.20. The molecule has 0 spiro atoms. The molecular weight excluding hydrogens is 354 g/mol. The van der Waals surface area contributed by atoms with Crippen molar-refractivity contribution in [3.8, 4) is 11.5 Å². The van der Waals surface area contributed by atoms with Crippen LogP contribution >= 0.6 is 23.4 Å². The maximum absolute atomic E-state index is 6.32. The van der Waals surface area contributed by atoms with Gasteiger partial charge in [-0.3, -0.25) is 0 Å². The highest BCUT2D eigenvalue weighted by Gasteiger charge is 2.27. The second-order valence-electron chi connectivity index (χ2n) is 6.18. The normalized spacial score (nSPS) is 14.7. The number of alkyl halides is 1. The molecule has 1 aliphatic rings. The Morgan fingerprint density at radius 3 is 2.24 bits per heavy atom. The average Bonchev–Trinajstić information content (AvgIpc) is 2.84. The molecule has 0 aromatic heterocycles. The molecule has 2 aromatic rings. The molecule has 1 aliphatic heterocycles. The summed E-state index contributed by atoms with van der Waals surface area (Å²) in [6.45, 7) is 2.06. The molecule has 0 N–H and O–H groups in total. The van der Waals surface area contributed by atoms with Gasteiger partial charge in [-0.2, -0.15) is 0 Å². The van der Waals surface area contributed by atoms with Gasteiger partial charge < -0.3 is 14.4 Å². The van der Waals surface area contributed by atoms with E-state index in [4.69, 9.17) is 21.1 Å². The van der Waals surface area contributed by atoms with E-state index >= 15 is 0 Å². The van der Waals surface area contributed by atoms with Gasteiger partial charge in [0.15, 0.2) is 11.5 Å². The zero-order valence-corrected chi connectivity index (χ0v) is 16.5. The predicted molar refractivity (Wildman–Crippen MR) is 105 cm³/mol. The molecule has 0 unspecified atom stereocenters. The number of halogens is 1. The SMILES string of the molecule is COc1c(CCl)c2c(c(Sc3ccccc3)c1OC)CCN(C)CC2. The Labute approximate surface area is 159 Å². The largest absolute Gasteiger partial charge is 0.492 e. The molecule has 0 amide bonds. The summed E-state index contributed by atoms with van der Waals surface area (Å²) in [5.41, 5.74) is 3.76. The minimum absolute atomic E-state index is 0.432. The van der Waals surface area contributed by atoms with Crippen molar-refractivity contribution in [3.63, 3.8) is 0 Å². The van der Waals surface area contributed by atoms with Crippen LogP contribution in [0.4, 0.5) is 0 Å². The van der Waals surface area contributed by atoms with Crippen molar-refractivity contribution in [2.45, 2.75) is 28.5 Å². The summed E-state index contributed by atoms with van der Waals surface area (Å²) < 4.78 is 11.5. The lowest BCUT2D eigenvalue weighted by Crippen LogP contribution is -2.20. The molecule has 0 saturated heterocycles. The molecule has 0 bridgehead atoms. The topological polar surface area (TPSA) is 21.7 Å². The van der Waals surface area contributed by atoms with E-state index in [1.165, 1.54) is 16.0 Å². The molecule has 3 rings (SSSR count). The van der Waals surface area contributed by atoms with E-state index in [1.807, 2.05) is 6.07 Å². The number of hydrogen-bond donors (Lipinski definition) is 0. The van der Waals surface area contributed by atoms with Crippen LogP contribution in [0.15, 0.2) is 40.1 Å². The third-order valence-corrected chi connectivity index (χ3v) is 6.09. The van der Waals surface area contributed by atoms with Crippen LogP contribution in [0.5, 0.6) is 11.5 Å². The number of benzene rings is 2. The molecule has 3 nitrogen and oxygen atoms in total. The summed E-state index contributed by atoms with van der Waals surface area (Å²) in [5, 5.41) is 0. The second-order valence-corrected chi connectivity index (χ2v) is 7.53. The number of methoxy groups -OCH3 is 2. The molecule has 0 fully saturated rings. The van der Waals surface area contributed by atoms with E-state index in [1.54, 1.807) is 26.0 Å². The van der Waals surface area contributed by atoms with Crippen LogP contribution in [0.1, 0.15) is 16.7 Å². The Kier molecular flexibility index (Phi) is 6.15. The summed E-state index contributed by atoms with van der Waals surface area (Å²) in [6, 6.07) is 10.4. The van der Waals surface area contributed by atoms with E-state index in [9.17, 15) is 0 Å². The van der Waals surface area contributed by atoms with Gasteiger partial charge in [-0.25, -0.2) is 0 Å². The van der Waals surface area contributed by atoms with E-state index in [0.29, 0.717) is 5.88 Å². The van der Waals surface area contributed by atoms with Crippen molar-refractivity contribution >= 4 is 23.4 Å². The fourth-order valence-corrected chi connectivity index (χ4v) is 4.80. The quantitative estimate of drug-likeness (QED) is 0.708. The van der Waals surface area contributed by atoms with Crippen LogP contribution in [-0.2, 0) is 18.7 Å². The Morgan fingerprint density at radius 1 is 1.00 bits per heavy atom. The maximum atomic E-state index is 6.32. The first-order valence-electron chi connectivity index (χ1n) is 8.45. The van der Waals surface area contributed by atoms with Gasteiger partial charge in [-0.05, 0) is 43.1 Å². The van der Waals surface area contributed by atoms with Crippen LogP contribution in [0.2, 0.25) is 0 Å². The second kappa shape index (κ2) is 8.35. The summed E-state index contributed by atoms with van der Waals surface area (Å²) in [6.07, 6.45) is 1.97. The molecule has 2 aromatic carbocycles. The predicted octanol–water partition coefficient (Wildman–Crippen LogP) is 4.62. The standard InChI is InChI=1S/C20H24ClNO2S/c1-22-11-9-15-16(10-12-22)20(25-14-7-5-4-6-8-14)19(24-3)18(23-2)17(15)13-21/h4-8H,9-13H2,1-3H3. The van der Waals surface area contributed by atoms with Gasteiger partial charge in [0, 0.05) is 23.5 Å². The highest BCUT2D eigenvalue weighted by molar-refractivity contribution is 7.99. The number of rotatable bonds is 5. The van der Waals surface area contributed by atoms with Crippen LogP contribution in [0.3, 0.4) is 0 Å². The van der Waals surface area contributed by atoms with E-state index in [-0.39, 0.29) is 0 Å². The van der Waals surface area contributed by atoms with Gasteiger partial charge in [0.2, 0.25) is 0 Å². The molecule has 0 atom stereocenters. The first-order valence-corrected chi connectivity index (χ1v) is 9.80. The summed E-state index contributed by atoms with van der Waals surface area (Å²) >= 11 is 8.07. The number of nitrogens with zero attached hydrogens (tertiary/aromatic N) is 1. The van der Waals surface area contributed by atoms with Gasteiger partial charge in [0.05, 0.1) is 25.0 Å². The van der Waals surface area contributed by atoms with Gasteiger partial charge in [0.25, 0.3) is 0 Å². The third-order valence-electron chi connectivity index (χ3n) is 4.68. The van der Waals surface area contributed by atoms with Gasteiger partial charge in [0.1, 0.15) is 0 Å². The fourth-order valence-electron chi connectivity index (χ4n) is 3.37. The molecule has 25 heavy (non-hydrogen) atoms. The van der Waals surface area contributed by atoms with Crippen LogP contribution in [-0.4, -0.2) is 39.3 Å². The van der Waals surface area contributed by atoms with Crippen molar-refractivity contribution in [1.29, 1.82) is 0 Å². The minimum Gasteiger partial charge on any atom is -0.492 e. The summed E-state index contributed by atoms with van der Waals surface area (Å²) in [7, 11) is 5.57. The van der Waals surface area contributed by atoms with E-state index in [2.05, 4.69) is 36.2 Å². The summed E-state index contributed by atoms with van der Waals surface area (Å²) in [5.74, 6) is 2.01. The Bertz CT molecular complexity index is 736. The van der Waals surface area contributed by atoms with Crippen molar-refractivity contribution in [3.05, 3.63) is 47.0 Å². The molecule has 1 heterocycles. The van der Waals surface area contributed by atoms with Crippen LogP contribution in [0, 0.1) is 0 Å². The van der Waals surface area contributed by atoms with Gasteiger partial charge in [-0.15, -0.1) is 11.6 Å². The van der Waals surface area contributed by atoms with E-state index in [0.717, 1.165) is 47.9 Å². The number of likely N-dealkylation sites (N-methyl/N-ethyl adjacent to an activating group) is 1. The van der Waals surface area contributed by atoms with Crippen molar-refractivity contribution in [2.75, 3.05) is 34.4 Å². The van der Waals surface area contributed by atoms with Crippen LogP contribution in [0.25, 0.3) is 0 Å². The first kappa shape index (κ1) is 18.4. The number of ether oxygens (including phenoxy) is 2. The lowest BCUT2D eigenvalue weighted by Gasteiger charge is -2.22. The van der Waals surface area contributed by atoms with Crippen molar-refractivity contribution < 1.29 is 9.47 Å². The lowest BCUT2D eigenvalue weighted by molar-refractivity contribution is 0.344. The van der Waals surface area contributed by atoms with Crippen LogP contribution < -0.4 is 9.47 Å². The van der Waals surface area contributed by atoms with E-state index < -0.39 is 0 Å². The molecule has 5 heteroatoms. The highest BCUT2D eigenvalue weighted by atomic mass is 35.5. The highest BCUT2D eigenvalue weighted by Crippen LogP contribution is 2.48. The fraction of sp³-hybridized carbons (Fsp3) is 0.400. The first-order chi connectivity index (χ1) is 12.2. The third kappa shape index (κ3) is 3.76. The zero-order chi connectivity index (χ0) is 17.8. The minimum atomic E-state index is 0.432. The lowest BCUT2D eigenvalue weighted by atomic mass is 9.96. The summed E-state index contributed by atoms with van der Waals surface area (Å²) in [4.78, 5) is 4.72. The van der Waals surface area contributed by atoms with Crippen molar-refractivity contribution in [2.24, 2.45) is 0 Å². The Hall–Kier alpha value is -1.36. The van der Waals surface area contributed by atoms with Gasteiger partial charge >= 0.3 is 0 Å². The van der Waals surface area contributed by atoms with Gasteiger partial charge in [-0.1, -0.05) is 30.0 Å². The maximum Gasteiger partial charge on any atom is 0.175 e. The molecule has 134 valence electrons. The van der Waals surface area contributed by atoms with Crippen molar-refractivity contribution in [1.82, 2.24) is 4.90 Å².